The molecule has 0 bridgehead atoms. The van der Waals surface area contributed by atoms with Gasteiger partial charge in [-0.1, -0.05) is 26.0 Å². The molecule has 0 aliphatic rings. The summed E-state index contributed by atoms with van der Waals surface area (Å²) >= 11 is 1.63. The number of thiophene rings is 1. The predicted molar refractivity (Wildman–Crippen MR) is 111 cm³/mol. The monoisotopic (exact) mass is 406 g/mol. The van der Waals surface area contributed by atoms with Crippen molar-refractivity contribution >= 4 is 33.3 Å². The number of carbonyl (C=O) groups excluding carboxylic acids is 1. The molecule has 0 fully saturated rings. The molecule has 2 rings (SSSR count). The van der Waals surface area contributed by atoms with Crippen LogP contribution in [-0.2, 0) is 14.8 Å². The van der Waals surface area contributed by atoms with Gasteiger partial charge in [0, 0.05) is 28.9 Å². The molecule has 27 heavy (non-hydrogen) atoms. The summed E-state index contributed by atoms with van der Waals surface area (Å²) in [6, 6.07) is 10.4. The van der Waals surface area contributed by atoms with Crippen LogP contribution in [0, 0.1) is 6.92 Å². The summed E-state index contributed by atoms with van der Waals surface area (Å²) in [5.41, 5.74) is 0.849. The average Bonchev–Trinajstić information content (AvgIpc) is 3.06. The second-order valence-corrected chi connectivity index (χ2v) is 9.43. The highest BCUT2D eigenvalue weighted by molar-refractivity contribution is 7.89. The van der Waals surface area contributed by atoms with Crippen LogP contribution in [0.1, 0.15) is 42.1 Å². The predicted octanol–water partition coefficient (Wildman–Crippen LogP) is 3.98. The molecule has 1 heterocycles. The number of hydrogen-bond donors (Lipinski definition) is 1. The van der Waals surface area contributed by atoms with E-state index in [1.807, 2.05) is 39.8 Å². The second-order valence-electron chi connectivity index (χ2n) is 6.17. The molecule has 7 heteroatoms. The van der Waals surface area contributed by atoms with E-state index in [2.05, 4.69) is 5.32 Å². The molecule has 146 valence electrons. The molecule has 1 aromatic carbocycles. The van der Waals surface area contributed by atoms with Crippen molar-refractivity contribution in [3.8, 4) is 0 Å². The molecular weight excluding hydrogens is 380 g/mol. The molecular formula is C20H26N2O3S2. The highest BCUT2D eigenvalue weighted by Gasteiger charge is 2.21. The van der Waals surface area contributed by atoms with Crippen molar-refractivity contribution in [1.82, 2.24) is 9.62 Å². The van der Waals surface area contributed by atoms with Crippen molar-refractivity contribution < 1.29 is 13.2 Å². The SMILES string of the molecule is CCN(CC)S(=O)(=O)c1ccc([C@H](C)NC(=O)/C=C/c2ccc(C)s2)cc1. The van der Waals surface area contributed by atoms with Crippen LogP contribution in [0.3, 0.4) is 0 Å². The Labute approximate surface area is 165 Å². The molecule has 0 radical (unpaired) electrons. The quantitative estimate of drug-likeness (QED) is 0.675. The standard InChI is InChI=1S/C20H26N2O3S2/c1-5-22(6-2)27(24,25)19-12-8-17(9-13-19)16(4)21-20(23)14-11-18-10-7-15(3)26-18/h7-14,16H,5-6H2,1-4H3,(H,21,23)/b14-11+/t16-/m0/s1. The van der Waals surface area contributed by atoms with Crippen LogP contribution in [0.4, 0.5) is 0 Å². The highest BCUT2D eigenvalue weighted by Crippen LogP contribution is 2.20. The molecule has 0 saturated carbocycles. The van der Waals surface area contributed by atoms with Gasteiger partial charge < -0.3 is 5.32 Å². The maximum Gasteiger partial charge on any atom is 0.244 e. The van der Waals surface area contributed by atoms with Crippen LogP contribution < -0.4 is 5.32 Å². The molecule has 2 aromatic rings. The van der Waals surface area contributed by atoms with Crippen molar-refractivity contribution in [3.63, 3.8) is 0 Å². The van der Waals surface area contributed by atoms with E-state index in [0.29, 0.717) is 13.1 Å². The molecule has 1 atom stereocenters. The molecule has 0 aliphatic carbocycles. The number of hydrogen-bond acceptors (Lipinski definition) is 4. The van der Waals surface area contributed by atoms with Crippen LogP contribution in [0.5, 0.6) is 0 Å². The molecule has 0 saturated heterocycles. The van der Waals surface area contributed by atoms with Gasteiger partial charge in [0.05, 0.1) is 10.9 Å². The summed E-state index contributed by atoms with van der Waals surface area (Å²) in [7, 11) is -3.47. The first-order valence-corrected chi connectivity index (χ1v) is 11.2. The lowest BCUT2D eigenvalue weighted by atomic mass is 10.1. The van der Waals surface area contributed by atoms with Gasteiger partial charge in [0.2, 0.25) is 15.9 Å². The van der Waals surface area contributed by atoms with Crippen molar-refractivity contribution in [2.24, 2.45) is 0 Å². The molecule has 1 aromatic heterocycles. The summed E-state index contributed by atoms with van der Waals surface area (Å²) in [5.74, 6) is -0.187. The van der Waals surface area contributed by atoms with Gasteiger partial charge in [-0.2, -0.15) is 4.31 Å². The Bertz CT molecular complexity index is 896. The molecule has 0 spiro atoms. The van der Waals surface area contributed by atoms with Crippen molar-refractivity contribution in [2.45, 2.75) is 38.6 Å². The topological polar surface area (TPSA) is 66.5 Å². The largest absolute Gasteiger partial charge is 0.346 e. The Hall–Kier alpha value is -1.96. The minimum atomic E-state index is -3.47. The zero-order valence-electron chi connectivity index (χ0n) is 16.1. The number of rotatable bonds is 8. The van der Waals surface area contributed by atoms with E-state index in [9.17, 15) is 13.2 Å². The lowest BCUT2D eigenvalue weighted by Crippen LogP contribution is -2.30. The minimum Gasteiger partial charge on any atom is -0.346 e. The third kappa shape index (κ3) is 5.51. The van der Waals surface area contributed by atoms with Crippen LogP contribution in [0.25, 0.3) is 6.08 Å². The summed E-state index contributed by atoms with van der Waals surface area (Å²) < 4.78 is 26.5. The first kappa shape index (κ1) is 21.3. The Morgan fingerprint density at radius 2 is 1.78 bits per heavy atom. The fourth-order valence-corrected chi connectivity index (χ4v) is 4.92. The van der Waals surface area contributed by atoms with Gasteiger partial charge in [0.15, 0.2) is 0 Å². The van der Waals surface area contributed by atoms with Gasteiger partial charge in [0.1, 0.15) is 0 Å². The number of benzene rings is 1. The number of sulfonamides is 1. The highest BCUT2D eigenvalue weighted by atomic mass is 32.2. The maximum absolute atomic E-state index is 12.5. The smallest absolute Gasteiger partial charge is 0.244 e. The van der Waals surface area contributed by atoms with Gasteiger partial charge in [-0.3, -0.25) is 4.79 Å². The number of aryl methyl sites for hydroxylation is 1. The van der Waals surface area contributed by atoms with Crippen LogP contribution in [0.2, 0.25) is 0 Å². The van der Waals surface area contributed by atoms with Crippen molar-refractivity contribution in [1.29, 1.82) is 0 Å². The summed E-state index contributed by atoms with van der Waals surface area (Å²) in [6.07, 6.45) is 3.31. The fraction of sp³-hybridized carbons (Fsp3) is 0.350. The van der Waals surface area contributed by atoms with E-state index >= 15 is 0 Å². The third-order valence-electron chi connectivity index (χ3n) is 4.24. The molecule has 0 unspecified atom stereocenters. The van der Waals surface area contributed by atoms with Crippen molar-refractivity contribution in [3.05, 3.63) is 57.8 Å². The number of carbonyl (C=O) groups is 1. The molecule has 1 amide bonds. The molecule has 5 nitrogen and oxygen atoms in total. The van der Waals surface area contributed by atoms with E-state index in [1.165, 1.54) is 15.3 Å². The van der Waals surface area contributed by atoms with Gasteiger partial charge in [0.25, 0.3) is 0 Å². The van der Waals surface area contributed by atoms with Gasteiger partial charge in [-0.15, -0.1) is 11.3 Å². The van der Waals surface area contributed by atoms with E-state index in [4.69, 9.17) is 0 Å². The first-order valence-electron chi connectivity index (χ1n) is 8.93. The normalized spacial score (nSPS) is 13.2. The average molecular weight is 407 g/mol. The summed E-state index contributed by atoms with van der Waals surface area (Å²) in [4.78, 5) is 14.6. The minimum absolute atomic E-state index is 0.187. The Morgan fingerprint density at radius 1 is 1.15 bits per heavy atom. The van der Waals surface area contributed by atoms with Gasteiger partial charge in [-0.25, -0.2) is 8.42 Å². The van der Waals surface area contributed by atoms with E-state index < -0.39 is 10.0 Å². The lowest BCUT2D eigenvalue weighted by Gasteiger charge is -2.19. The van der Waals surface area contributed by atoms with Gasteiger partial charge >= 0.3 is 0 Å². The Morgan fingerprint density at radius 3 is 2.30 bits per heavy atom. The second kappa shape index (κ2) is 9.30. The third-order valence-corrected chi connectivity index (χ3v) is 7.27. The lowest BCUT2D eigenvalue weighted by molar-refractivity contribution is -0.117. The zero-order valence-corrected chi connectivity index (χ0v) is 17.7. The summed E-state index contributed by atoms with van der Waals surface area (Å²) in [5, 5.41) is 2.90. The fourth-order valence-electron chi connectivity index (χ4n) is 2.69. The van der Waals surface area contributed by atoms with E-state index in [-0.39, 0.29) is 16.8 Å². The Kier molecular flexibility index (Phi) is 7.35. The van der Waals surface area contributed by atoms with Crippen LogP contribution in [0.15, 0.2) is 47.4 Å². The van der Waals surface area contributed by atoms with Crippen LogP contribution >= 0.6 is 11.3 Å². The van der Waals surface area contributed by atoms with E-state index in [1.54, 1.807) is 41.7 Å². The molecule has 0 aliphatic heterocycles. The summed E-state index contributed by atoms with van der Waals surface area (Å²) in [6.45, 7) is 8.39. The van der Waals surface area contributed by atoms with Crippen LogP contribution in [-0.4, -0.2) is 31.7 Å². The number of nitrogens with zero attached hydrogens (tertiary/aromatic N) is 1. The maximum atomic E-state index is 12.5. The number of amides is 1. The Balaban J connectivity index is 2.03. The van der Waals surface area contributed by atoms with Gasteiger partial charge in [-0.05, 0) is 49.8 Å². The first-order chi connectivity index (χ1) is 12.8. The van der Waals surface area contributed by atoms with Crippen molar-refractivity contribution in [2.75, 3.05) is 13.1 Å². The number of nitrogens with one attached hydrogen (secondary N) is 1. The van der Waals surface area contributed by atoms with E-state index in [0.717, 1.165) is 10.4 Å². The molecule has 1 N–H and O–H groups in total. The zero-order chi connectivity index (χ0) is 20.0.